The molecule has 1 amide bonds. The van der Waals surface area contributed by atoms with Crippen LogP contribution in [0.3, 0.4) is 0 Å². The first-order valence-corrected chi connectivity index (χ1v) is 6.87. The molecule has 1 aliphatic heterocycles. The number of alkyl halides is 2. The number of hydrogen-bond donors (Lipinski definition) is 0. The molecule has 1 unspecified atom stereocenters. The topological polar surface area (TPSA) is 55.8 Å². The molecule has 0 aliphatic carbocycles. The second kappa shape index (κ2) is 6.83. The second-order valence-corrected chi connectivity index (χ2v) is 5.11. The lowest BCUT2D eigenvalue weighted by atomic mass is 10.1. The Morgan fingerprint density at radius 1 is 1.32 bits per heavy atom. The van der Waals surface area contributed by atoms with Crippen LogP contribution in [-0.2, 0) is 9.53 Å². The molecule has 0 N–H and O–H groups in total. The molecule has 0 spiro atoms. The minimum atomic E-state index is -2.83. The van der Waals surface area contributed by atoms with E-state index >= 15 is 0 Å². The van der Waals surface area contributed by atoms with Crippen molar-refractivity contribution in [3.05, 3.63) is 29.8 Å². The van der Waals surface area contributed by atoms with Crippen molar-refractivity contribution in [2.45, 2.75) is 32.7 Å². The van der Waals surface area contributed by atoms with Gasteiger partial charge in [0.05, 0.1) is 6.10 Å². The van der Waals surface area contributed by atoms with Gasteiger partial charge in [0.2, 0.25) is 0 Å². The zero-order valence-corrected chi connectivity index (χ0v) is 12.3. The van der Waals surface area contributed by atoms with Gasteiger partial charge in [-0.1, -0.05) is 12.1 Å². The highest BCUT2D eigenvalue weighted by molar-refractivity contribution is 5.94. The number of ether oxygens (including phenoxy) is 2. The Morgan fingerprint density at radius 3 is 2.59 bits per heavy atom. The summed E-state index contributed by atoms with van der Waals surface area (Å²) in [5.41, 5.74) is 0.492. The zero-order chi connectivity index (χ0) is 16.3. The quantitative estimate of drug-likeness (QED) is 0.755. The van der Waals surface area contributed by atoms with Crippen molar-refractivity contribution < 1.29 is 27.8 Å². The number of carbonyl (C=O) groups excluding carboxylic acids is 2. The first-order chi connectivity index (χ1) is 10.4. The summed E-state index contributed by atoms with van der Waals surface area (Å²) in [5, 5.41) is 0. The SMILES string of the molecule is CC(=O)c1cccc(OC(C)C(=O)N2CC(OC(F)F)C2)c1. The normalized spacial score (nSPS) is 16.3. The second-order valence-electron chi connectivity index (χ2n) is 5.11. The fraction of sp³-hybridized carbons (Fsp3) is 0.467. The molecule has 1 heterocycles. The van der Waals surface area contributed by atoms with Crippen molar-refractivity contribution in [3.8, 4) is 5.75 Å². The maximum absolute atomic E-state index is 12.1. The number of benzene rings is 1. The van der Waals surface area contributed by atoms with E-state index in [2.05, 4.69) is 4.74 Å². The van der Waals surface area contributed by atoms with Crippen LogP contribution in [0.5, 0.6) is 5.75 Å². The minimum absolute atomic E-state index is 0.0980. The van der Waals surface area contributed by atoms with E-state index in [1.165, 1.54) is 11.8 Å². The van der Waals surface area contributed by atoms with E-state index in [1.54, 1.807) is 31.2 Å². The number of rotatable bonds is 6. The van der Waals surface area contributed by atoms with Gasteiger partial charge in [-0.3, -0.25) is 9.59 Å². The Kier molecular flexibility index (Phi) is 5.07. The number of ketones is 1. The van der Waals surface area contributed by atoms with Crippen LogP contribution in [0.25, 0.3) is 0 Å². The van der Waals surface area contributed by atoms with Crippen molar-refractivity contribution in [1.82, 2.24) is 4.90 Å². The fourth-order valence-electron chi connectivity index (χ4n) is 2.15. The summed E-state index contributed by atoms with van der Waals surface area (Å²) in [6, 6.07) is 6.53. The van der Waals surface area contributed by atoms with Gasteiger partial charge in [-0.25, -0.2) is 0 Å². The summed E-state index contributed by atoms with van der Waals surface area (Å²) in [6.07, 6.45) is -1.40. The van der Waals surface area contributed by atoms with Gasteiger partial charge in [0.1, 0.15) is 5.75 Å². The van der Waals surface area contributed by atoms with Crippen LogP contribution < -0.4 is 4.74 Å². The number of amides is 1. The molecule has 1 atom stereocenters. The number of likely N-dealkylation sites (tertiary alicyclic amines) is 1. The van der Waals surface area contributed by atoms with E-state index in [0.717, 1.165) is 0 Å². The molecule has 0 aromatic heterocycles. The Balaban J connectivity index is 1.87. The summed E-state index contributed by atoms with van der Waals surface area (Å²) in [6.45, 7) is 0.445. The predicted octanol–water partition coefficient (Wildman–Crippen LogP) is 2.11. The molecule has 120 valence electrons. The number of hydrogen-bond acceptors (Lipinski definition) is 4. The van der Waals surface area contributed by atoms with Crippen molar-refractivity contribution in [3.63, 3.8) is 0 Å². The average molecular weight is 313 g/mol. The lowest BCUT2D eigenvalue weighted by molar-refractivity contribution is -0.200. The first kappa shape index (κ1) is 16.4. The summed E-state index contributed by atoms with van der Waals surface area (Å²) in [7, 11) is 0. The first-order valence-electron chi connectivity index (χ1n) is 6.87. The van der Waals surface area contributed by atoms with Gasteiger partial charge in [-0.15, -0.1) is 0 Å². The predicted molar refractivity (Wildman–Crippen MR) is 74.0 cm³/mol. The van der Waals surface area contributed by atoms with Crippen LogP contribution in [0.1, 0.15) is 24.2 Å². The highest BCUT2D eigenvalue weighted by atomic mass is 19.3. The highest BCUT2D eigenvalue weighted by Crippen LogP contribution is 2.19. The van der Waals surface area contributed by atoms with Gasteiger partial charge in [-0.2, -0.15) is 8.78 Å². The fourth-order valence-corrected chi connectivity index (χ4v) is 2.15. The van der Waals surface area contributed by atoms with Gasteiger partial charge in [0.15, 0.2) is 11.9 Å². The van der Waals surface area contributed by atoms with Gasteiger partial charge in [-0.05, 0) is 26.0 Å². The van der Waals surface area contributed by atoms with E-state index in [4.69, 9.17) is 4.74 Å². The van der Waals surface area contributed by atoms with Crippen LogP contribution in [0.2, 0.25) is 0 Å². The standard InChI is InChI=1S/C15H17F2NO4/c1-9(19)11-4-3-5-12(6-11)21-10(2)14(20)18-7-13(8-18)22-15(16)17/h3-6,10,13,15H,7-8H2,1-2H3. The van der Waals surface area contributed by atoms with Crippen LogP contribution in [0, 0.1) is 0 Å². The summed E-state index contributed by atoms with van der Waals surface area (Å²) < 4.78 is 33.8. The maximum atomic E-state index is 12.1. The van der Waals surface area contributed by atoms with E-state index in [9.17, 15) is 18.4 Å². The van der Waals surface area contributed by atoms with Crippen LogP contribution in [-0.4, -0.2) is 48.5 Å². The molecule has 0 bridgehead atoms. The zero-order valence-electron chi connectivity index (χ0n) is 12.3. The monoisotopic (exact) mass is 313 g/mol. The molecule has 5 nitrogen and oxygen atoms in total. The van der Waals surface area contributed by atoms with E-state index in [0.29, 0.717) is 11.3 Å². The molecule has 1 fully saturated rings. The summed E-state index contributed by atoms with van der Waals surface area (Å²) in [5.74, 6) is 0.0101. The van der Waals surface area contributed by atoms with Crippen LogP contribution in [0.4, 0.5) is 8.78 Å². The smallest absolute Gasteiger partial charge is 0.345 e. The highest BCUT2D eigenvalue weighted by Gasteiger charge is 2.35. The summed E-state index contributed by atoms with van der Waals surface area (Å²) >= 11 is 0. The minimum Gasteiger partial charge on any atom is -0.481 e. The van der Waals surface area contributed by atoms with Gasteiger partial charge in [0, 0.05) is 18.7 Å². The van der Waals surface area contributed by atoms with Crippen LogP contribution >= 0.6 is 0 Å². The van der Waals surface area contributed by atoms with Crippen molar-refractivity contribution >= 4 is 11.7 Å². The van der Waals surface area contributed by atoms with Crippen molar-refractivity contribution in [2.24, 2.45) is 0 Å². The third kappa shape index (κ3) is 4.00. The molecule has 0 radical (unpaired) electrons. The molecule has 1 aromatic rings. The Morgan fingerprint density at radius 2 is 2.00 bits per heavy atom. The molecule has 22 heavy (non-hydrogen) atoms. The lowest BCUT2D eigenvalue weighted by Gasteiger charge is -2.39. The lowest BCUT2D eigenvalue weighted by Crippen LogP contribution is -2.58. The van der Waals surface area contributed by atoms with Gasteiger partial charge >= 0.3 is 6.61 Å². The van der Waals surface area contributed by atoms with E-state index < -0.39 is 18.8 Å². The number of Topliss-reactive ketones (excluding diaryl/α,β-unsaturated/α-hetero) is 1. The largest absolute Gasteiger partial charge is 0.481 e. The molecule has 1 aliphatic rings. The molecular weight excluding hydrogens is 296 g/mol. The van der Waals surface area contributed by atoms with Crippen molar-refractivity contribution in [1.29, 1.82) is 0 Å². The number of carbonyl (C=O) groups is 2. The third-order valence-electron chi connectivity index (χ3n) is 3.36. The third-order valence-corrected chi connectivity index (χ3v) is 3.36. The molecule has 7 heteroatoms. The molecule has 0 saturated carbocycles. The molecule has 2 rings (SSSR count). The Bertz CT molecular complexity index is 558. The molecular formula is C15H17F2NO4. The van der Waals surface area contributed by atoms with Gasteiger partial charge < -0.3 is 14.4 Å². The van der Waals surface area contributed by atoms with E-state index in [-0.39, 0.29) is 24.8 Å². The van der Waals surface area contributed by atoms with Crippen molar-refractivity contribution in [2.75, 3.05) is 13.1 Å². The molecule has 1 saturated heterocycles. The Hall–Kier alpha value is -2.02. The van der Waals surface area contributed by atoms with Gasteiger partial charge in [0.25, 0.3) is 5.91 Å². The average Bonchev–Trinajstić information content (AvgIpc) is 2.41. The van der Waals surface area contributed by atoms with E-state index in [1.807, 2.05) is 0 Å². The Labute approximate surface area is 126 Å². The summed E-state index contributed by atoms with van der Waals surface area (Å²) in [4.78, 5) is 24.8. The molecule has 1 aromatic carbocycles. The number of halogens is 2. The number of nitrogens with zero attached hydrogens (tertiary/aromatic N) is 1. The van der Waals surface area contributed by atoms with Crippen LogP contribution in [0.15, 0.2) is 24.3 Å². The maximum Gasteiger partial charge on any atom is 0.345 e.